The van der Waals surface area contributed by atoms with Gasteiger partial charge in [-0.15, -0.1) is 11.3 Å². The van der Waals surface area contributed by atoms with Crippen LogP contribution in [0.2, 0.25) is 0 Å². The van der Waals surface area contributed by atoms with Crippen LogP contribution in [-0.2, 0) is 11.2 Å². The van der Waals surface area contributed by atoms with Gasteiger partial charge in [-0.1, -0.05) is 0 Å². The summed E-state index contributed by atoms with van der Waals surface area (Å²) in [6.45, 7) is 0.144. The minimum atomic E-state index is -0.424. The van der Waals surface area contributed by atoms with E-state index in [0.29, 0.717) is 51.5 Å². The van der Waals surface area contributed by atoms with Gasteiger partial charge in [-0.3, -0.25) is 14.9 Å². The summed E-state index contributed by atoms with van der Waals surface area (Å²) in [6.07, 6.45) is 2.35. The Bertz CT molecular complexity index is 1260. The molecule has 2 heterocycles. The summed E-state index contributed by atoms with van der Waals surface area (Å²) in [5.74, 6) is 1.41. The zero-order chi connectivity index (χ0) is 23.7. The smallest absolute Gasteiger partial charge is 0.257 e. The van der Waals surface area contributed by atoms with Gasteiger partial charge in [0.1, 0.15) is 11.5 Å². The quantitative estimate of drug-likeness (QED) is 0.543. The summed E-state index contributed by atoms with van der Waals surface area (Å²) in [5, 5.41) is 6.27. The highest BCUT2D eigenvalue weighted by Gasteiger charge is 2.31. The van der Waals surface area contributed by atoms with Gasteiger partial charge in [0.2, 0.25) is 12.7 Å². The fraction of sp³-hybridized carbons (Fsp3) is 0.292. The molecule has 0 fully saturated rings. The molecule has 2 aliphatic rings. The van der Waals surface area contributed by atoms with Gasteiger partial charge >= 0.3 is 0 Å². The third-order valence-electron chi connectivity index (χ3n) is 5.79. The Balaban J connectivity index is 1.33. The van der Waals surface area contributed by atoms with Crippen LogP contribution >= 0.6 is 11.3 Å². The summed E-state index contributed by atoms with van der Waals surface area (Å²) in [7, 11) is 3.11. The molecule has 1 aliphatic heterocycles. The number of thiazole rings is 1. The molecule has 0 radical (unpaired) electrons. The van der Waals surface area contributed by atoms with Crippen LogP contribution in [0.3, 0.4) is 0 Å². The molecule has 2 N–H and O–H groups in total. The molecule has 0 saturated carbocycles. The molecule has 34 heavy (non-hydrogen) atoms. The van der Waals surface area contributed by atoms with Crippen molar-refractivity contribution in [3.8, 4) is 23.0 Å². The maximum Gasteiger partial charge on any atom is 0.257 e. The number of hydrogen-bond acceptors (Lipinski definition) is 8. The molecule has 3 aromatic rings. The van der Waals surface area contributed by atoms with Crippen molar-refractivity contribution in [1.82, 2.24) is 4.98 Å². The Labute approximate surface area is 200 Å². The third-order valence-corrected chi connectivity index (χ3v) is 6.84. The number of methoxy groups -OCH3 is 2. The second-order valence-corrected chi connectivity index (χ2v) is 8.93. The number of rotatable bonds is 6. The Hall–Kier alpha value is -3.79. The van der Waals surface area contributed by atoms with Gasteiger partial charge in [0.25, 0.3) is 5.91 Å². The average Bonchev–Trinajstić information content (AvgIpc) is 3.49. The lowest BCUT2D eigenvalue weighted by Gasteiger charge is -2.21. The predicted molar refractivity (Wildman–Crippen MR) is 126 cm³/mol. The first-order valence-electron chi connectivity index (χ1n) is 10.8. The Morgan fingerprint density at radius 2 is 1.91 bits per heavy atom. The van der Waals surface area contributed by atoms with Crippen molar-refractivity contribution in [2.75, 3.05) is 31.6 Å². The number of aromatic nitrogens is 1. The van der Waals surface area contributed by atoms with Gasteiger partial charge in [0.05, 0.1) is 31.5 Å². The van der Waals surface area contributed by atoms with E-state index in [1.54, 1.807) is 50.6 Å². The van der Waals surface area contributed by atoms with Crippen molar-refractivity contribution >= 4 is 34.0 Å². The van der Waals surface area contributed by atoms with Gasteiger partial charge in [0, 0.05) is 16.5 Å². The van der Waals surface area contributed by atoms with E-state index in [0.717, 1.165) is 17.7 Å². The normalized spacial score (nSPS) is 15.9. The molecule has 1 aliphatic carbocycles. The van der Waals surface area contributed by atoms with Crippen molar-refractivity contribution in [3.05, 3.63) is 52.5 Å². The number of ether oxygens (including phenoxy) is 4. The molecule has 10 heteroatoms. The standard InChI is InChI=1S/C24H23N3O6S/c1-30-14-7-9-17(31-2)16(11-14)25-23(29)15-4-3-5-20-21(15)26-24(34-20)27-22(28)13-6-8-18-19(10-13)33-12-32-18/h6-11,15H,3-5,12H2,1-2H3,(H,25,29)(H,26,27,28). The highest BCUT2D eigenvalue weighted by Crippen LogP contribution is 2.39. The van der Waals surface area contributed by atoms with Crippen LogP contribution in [0.4, 0.5) is 10.8 Å². The number of carbonyl (C=O) groups is 2. The number of fused-ring (bicyclic) bond motifs is 2. The van der Waals surface area contributed by atoms with Gasteiger partial charge < -0.3 is 24.3 Å². The maximum absolute atomic E-state index is 13.2. The van der Waals surface area contributed by atoms with Crippen molar-refractivity contribution in [1.29, 1.82) is 0 Å². The Morgan fingerprint density at radius 3 is 2.74 bits per heavy atom. The molecule has 2 amide bonds. The highest BCUT2D eigenvalue weighted by atomic mass is 32.1. The van der Waals surface area contributed by atoms with E-state index in [4.69, 9.17) is 18.9 Å². The number of amides is 2. The van der Waals surface area contributed by atoms with Crippen LogP contribution in [0.1, 0.15) is 39.7 Å². The number of hydrogen-bond donors (Lipinski definition) is 2. The monoisotopic (exact) mass is 481 g/mol. The third kappa shape index (κ3) is 4.24. The first-order valence-corrected chi connectivity index (χ1v) is 11.6. The Kier molecular flexibility index (Phi) is 5.97. The van der Waals surface area contributed by atoms with Crippen LogP contribution in [0.25, 0.3) is 0 Å². The summed E-state index contributed by atoms with van der Waals surface area (Å²) < 4.78 is 21.3. The van der Waals surface area contributed by atoms with Crippen LogP contribution < -0.4 is 29.6 Å². The molecule has 2 aromatic carbocycles. The first-order chi connectivity index (χ1) is 16.6. The van der Waals surface area contributed by atoms with Gasteiger partial charge in [-0.05, 0) is 49.6 Å². The number of nitrogens with zero attached hydrogens (tertiary/aromatic N) is 1. The van der Waals surface area contributed by atoms with Gasteiger partial charge in [-0.25, -0.2) is 4.98 Å². The van der Waals surface area contributed by atoms with Crippen LogP contribution in [0.15, 0.2) is 36.4 Å². The largest absolute Gasteiger partial charge is 0.497 e. The summed E-state index contributed by atoms with van der Waals surface area (Å²) in [5.41, 5.74) is 1.68. The van der Waals surface area contributed by atoms with E-state index in [-0.39, 0.29) is 18.6 Å². The molecular weight excluding hydrogens is 458 g/mol. The Morgan fingerprint density at radius 1 is 1.06 bits per heavy atom. The van der Waals surface area contributed by atoms with E-state index < -0.39 is 5.92 Å². The number of carbonyl (C=O) groups excluding carboxylic acids is 2. The van der Waals surface area contributed by atoms with E-state index in [1.807, 2.05) is 0 Å². The second kappa shape index (κ2) is 9.22. The number of nitrogens with one attached hydrogen (secondary N) is 2. The van der Waals surface area contributed by atoms with Crippen LogP contribution in [0, 0.1) is 0 Å². The van der Waals surface area contributed by atoms with Crippen molar-refractivity contribution in [2.24, 2.45) is 0 Å². The zero-order valence-electron chi connectivity index (χ0n) is 18.7. The van der Waals surface area contributed by atoms with Gasteiger partial charge in [0.15, 0.2) is 16.6 Å². The first kappa shape index (κ1) is 22.0. The second-order valence-electron chi connectivity index (χ2n) is 7.85. The predicted octanol–water partition coefficient (Wildman–Crippen LogP) is 4.20. The highest BCUT2D eigenvalue weighted by molar-refractivity contribution is 7.16. The molecule has 1 atom stereocenters. The molecule has 1 unspecified atom stereocenters. The number of anilines is 2. The number of aryl methyl sites for hydroxylation is 1. The molecule has 1 aromatic heterocycles. The lowest BCUT2D eigenvalue weighted by atomic mass is 9.90. The minimum absolute atomic E-state index is 0.144. The van der Waals surface area contributed by atoms with E-state index in [9.17, 15) is 9.59 Å². The zero-order valence-corrected chi connectivity index (χ0v) is 19.5. The minimum Gasteiger partial charge on any atom is -0.497 e. The molecular formula is C24H23N3O6S. The van der Waals surface area contributed by atoms with Crippen LogP contribution in [-0.4, -0.2) is 37.8 Å². The topological polar surface area (TPSA) is 108 Å². The number of benzene rings is 2. The lowest BCUT2D eigenvalue weighted by Crippen LogP contribution is -2.25. The molecule has 176 valence electrons. The van der Waals surface area contributed by atoms with E-state index in [2.05, 4.69) is 15.6 Å². The lowest BCUT2D eigenvalue weighted by molar-refractivity contribution is -0.118. The summed E-state index contributed by atoms with van der Waals surface area (Å²) in [4.78, 5) is 31.6. The fourth-order valence-electron chi connectivity index (χ4n) is 4.07. The summed E-state index contributed by atoms with van der Waals surface area (Å²) >= 11 is 1.40. The molecule has 0 spiro atoms. The summed E-state index contributed by atoms with van der Waals surface area (Å²) in [6, 6.07) is 10.3. The molecule has 0 saturated heterocycles. The van der Waals surface area contributed by atoms with E-state index >= 15 is 0 Å². The fourth-order valence-corrected chi connectivity index (χ4v) is 5.13. The van der Waals surface area contributed by atoms with Crippen LogP contribution in [0.5, 0.6) is 23.0 Å². The van der Waals surface area contributed by atoms with Crippen molar-refractivity contribution < 1.29 is 28.5 Å². The average molecular weight is 482 g/mol. The molecule has 0 bridgehead atoms. The molecule has 5 rings (SSSR count). The van der Waals surface area contributed by atoms with Gasteiger partial charge in [-0.2, -0.15) is 0 Å². The van der Waals surface area contributed by atoms with E-state index in [1.165, 1.54) is 11.3 Å². The van der Waals surface area contributed by atoms with Crippen molar-refractivity contribution in [2.45, 2.75) is 25.2 Å². The molecule has 9 nitrogen and oxygen atoms in total. The maximum atomic E-state index is 13.2. The van der Waals surface area contributed by atoms with Crippen molar-refractivity contribution in [3.63, 3.8) is 0 Å². The SMILES string of the molecule is COc1ccc(OC)c(NC(=O)C2CCCc3sc(NC(=O)c4ccc5c(c4)OCO5)nc32)c1.